The highest BCUT2D eigenvalue weighted by Gasteiger charge is 2.39. The Morgan fingerprint density at radius 1 is 1.32 bits per heavy atom. The Kier molecular flexibility index (Phi) is 3.57. The third-order valence-corrected chi connectivity index (χ3v) is 5.71. The van der Waals surface area contributed by atoms with Crippen LogP contribution in [0.4, 0.5) is 5.69 Å². The molecule has 2 aliphatic rings. The van der Waals surface area contributed by atoms with Gasteiger partial charge in [-0.3, -0.25) is 14.9 Å². The minimum atomic E-state index is -4.08. The van der Waals surface area contributed by atoms with Gasteiger partial charge in [0.25, 0.3) is 5.69 Å². The van der Waals surface area contributed by atoms with Gasteiger partial charge < -0.3 is 9.08 Å². The van der Waals surface area contributed by atoms with Gasteiger partial charge in [-0.15, -0.1) is 11.8 Å². The van der Waals surface area contributed by atoms with Crippen LogP contribution in [0.1, 0.15) is 6.42 Å². The van der Waals surface area contributed by atoms with Crippen LogP contribution in [0.15, 0.2) is 41.1 Å². The molecule has 0 aliphatic carbocycles. The number of hydrogen-bond acceptors (Lipinski definition) is 7. The van der Waals surface area contributed by atoms with Gasteiger partial charge in [0.15, 0.2) is 0 Å². The Bertz CT molecular complexity index is 771. The molecular weight excluding hydrogens is 332 g/mol. The van der Waals surface area contributed by atoms with Crippen LogP contribution in [0.25, 0.3) is 0 Å². The lowest BCUT2D eigenvalue weighted by Gasteiger charge is -2.40. The van der Waals surface area contributed by atoms with E-state index in [2.05, 4.69) is 0 Å². The largest absolute Gasteiger partial charge is 0.381 e. The molecular formula is C12H10N2O6S2. The van der Waals surface area contributed by atoms with Crippen molar-refractivity contribution in [3.05, 3.63) is 46.3 Å². The molecule has 1 aromatic carbocycles. The number of rotatable bonds is 4. The number of carbonyl (C=O) groups is 1. The lowest BCUT2D eigenvalue weighted by Crippen LogP contribution is -2.49. The highest BCUT2D eigenvalue weighted by Crippen LogP contribution is 2.36. The zero-order chi connectivity index (χ0) is 15.9. The normalized spacial score (nSPS) is 20.7. The predicted octanol–water partition coefficient (Wildman–Crippen LogP) is 1.45. The SMILES string of the molecule is O=C1C[C@H]2SCC(OS(=O)(=O)c3ccc([N+](=O)[O-])cc3)=CN12. The van der Waals surface area contributed by atoms with Crippen LogP contribution >= 0.6 is 11.8 Å². The summed E-state index contributed by atoms with van der Waals surface area (Å²) in [6, 6.07) is 4.41. The summed E-state index contributed by atoms with van der Waals surface area (Å²) < 4.78 is 29.3. The van der Waals surface area contributed by atoms with E-state index in [1.807, 2.05) is 0 Å². The van der Waals surface area contributed by atoms with Crippen LogP contribution < -0.4 is 0 Å². The maximum absolute atomic E-state index is 12.1. The standard InChI is InChI=1S/C12H10N2O6S2/c15-11-5-12-13(11)6-9(7-21-12)20-22(18,19)10-3-1-8(2-4-10)14(16)17/h1-4,6,12H,5,7H2/t12-/m1/s1. The van der Waals surface area contributed by atoms with E-state index in [0.717, 1.165) is 24.3 Å². The zero-order valence-corrected chi connectivity index (χ0v) is 12.7. The fourth-order valence-corrected chi connectivity index (χ4v) is 4.15. The lowest BCUT2D eigenvalue weighted by atomic mass is 10.2. The van der Waals surface area contributed by atoms with Crippen LogP contribution in [0.3, 0.4) is 0 Å². The van der Waals surface area contributed by atoms with Crippen LogP contribution in [0.2, 0.25) is 0 Å². The first kappa shape index (κ1) is 14.9. The monoisotopic (exact) mass is 342 g/mol. The number of hydrogen-bond donors (Lipinski definition) is 0. The van der Waals surface area contributed by atoms with E-state index in [0.29, 0.717) is 12.2 Å². The average molecular weight is 342 g/mol. The minimum absolute atomic E-state index is 0.0573. The second-order valence-electron chi connectivity index (χ2n) is 4.65. The predicted molar refractivity (Wildman–Crippen MR) is 77.2 cm³/mol. The molecule has 0 saturated carbocycles. The van der Waals surface area contributed by atoms with Gasteiger partial charge in [0.05, 0.1) is 22.5 Å². The van der Waals surface area contributed by atoms with Gasteiger partial charge in [-0.2, -0.15) is 8.42 Å². The van der Waals surface area contributed by atoms with Gasteiger partial charge in [0.2, 0.25) is 5.91 Å². The minimum Gasteiger partial charge on any atom is -0.381 e. The number of non-ortho nitro benzene ring substituents is 1. The van der Waals surface area contributed by atoms with Crippen molar-refractivity contribution in [1.29, 1.82) is 0 Å². The third-order valence-electron chi connectivity index (χ3n) is 3.20. The molecule has 1 aromatic rings. The second kappa shape index (κ2) is 5.29. The highest BCUT2D eigenvalue weighted by atomic mass is 32.2. The summed E-state index contributed by atoms with van der Waals surface area (Å²) in [5.74, 6) is 0.430. The summed E-state index contributed by atoms with van der Waals surface area (Å²) in [4.78, 5) is 22.5. The summed E-state index contributed by atoms with van der Waals surface area (Å²) in [6.45, 7) is 0. The van der Waals surface area contributed by atoms with E-state index in [-0.39, 0.29) is 27.6 Å². The number of fused-ring (bicyclic) bond motifs is 1. The molecule has 0 radical (unpaired) electrons. The van der Waals surface area contributed by atoms with Crippen LogP contribution in [-0.2, 0) is 19.1 Å². The van der Waals surface area contributed by atoms with E-state index in [1.54, 1.807) is 0 Å². The van der Waals surface area contributed by atoms with Gasteiger partial charge in [0.1, 0.15) is 10.7 Å². The van der Waals surface area contributed by atoms with E-state index >= 15 is 0 Å². The Morgan fingerprint density at radius 3 is 2.59 bits per heavy atom. The van der Waals surface area contributed by atoms with Crippen molar-refractivity contribution in [2.45, 2.75) is 16.7 Å². The molecule has 8 nitrogen and oxygen atoms in total. The summed E-state index contributed by atoms with van der Waals surface area (Å²) in [6.07, 6.45) is 1.85. The fraction of sp³-hybridized carbons (Fsp3) is 0.250. The molecule has 0 aromatic heterocycles. The number of nitro groups is 1. The van der Waals surface area contributed by atoms with Crippen LogP contribution in [0.5, 0.6) is 0 Å². The van der Waals surface area contributed by atoms with Gasteiger partial charge in [0, 0.05) is 18.3 Å². The Labute approximate surface area is 130 Å². The number of nitro benzene ring substituents is 1. The Balaban J connectivity index is 1.78. The molecule has 1 fully saturated rings. The maximum Gasteiger partial charge on any atom is 0.338 e. The summed E-state index contributed by atoms with van der Waals surface area (Å²) in [5, 5.41) is 10.6. The summed E-state index contributed by atoms with van der Waals surface area (Å²) in [7, 11) is -4.08. The maximum atomic E-state index is 12.1. The molecule has 1 atom stereocenters. The molecule has 2 aliphatic heterocycles. The van der Waals surface area contributed by atoms with E-state index in [9.17, 15) is 23.3 Å². The van der Waals surface area contributed by atoms with Crippen molar-refractivity contribution in [2.24, 2.45) is 0 Å². The van der Waals surface area contributed by atoms with Crippen LogP contribution in [-0.4, -0.2) is 35.3 Å². The number of carbonyl (C=O) groups excluding carboxylic acids is 1. The van der Waals surface area contributed by atoms with Gasteiger partial charge in [-0.05, 0) is 12.1 Å². The molecule has 10 heteroatoms. The second-order valence-corrected chi connectivity index (χ2v) is 7.37. The molecule has 1 amide bonds. The molecule has 2 heterocycles. The lowest BCUT2D eigenvalue weighted by molar-refractivity contribution is -0.384. The third kappa shape index (κ3) is 2.66. The molecule has 0 N–H and O–H groups in total. The number of nitrogens with zero attached hydrogens (tertiary/aromatic N) is 2. The van der Waals surface area contributed by atoms with Gasteiger partial charge in [-0.25, -0.2) is 0 Å². The van der Waals surface area contributed by atoms with Crippen molar-refractivity contribution in [1.82, 2.24) is 4.90 Å². The first-order valence-electron chi connectivity index (χ1n) is 6.19. The van der Waals surface area contributed by atoms with Crippen molar-refractivity contribution < 1.29 is 22.3 Å². The first-order chi connectivity index (χ1) is 10.4. The molecule has 0 spiro atoms. The molecule has 0 unspecified atom stereocenters. The van der Waals surface area contributed by atoms with Crippen molar-refractivity contribution in [3.8, 4) is 0 Å². The van der Waals surface area contributed by atoms with Crippen molar-refractivity contribution in [2.75, 3.05) is 5.75 Å². The van der Waals surface area contributed by atoms with E-state index in [1.165, 1.54) is 22.9 Å². The van der Waals surface area contributed by atoms with E-state index < -0.39 is 15.0 Å². The zero-order valence-electron chi connectivity index (χ0n) is 11.0. The highest BCUT2D eigenvalue weighted by molar-refractivity contribution is 8.00. The molecule has 3 rings (SSSR count). The van der Waals surface area contributed by atoms with Gasteiger partial charge in [-0.1, -0.05) is 0 Å². The fourth-order valence-electron chi connectivity index (χ4n) is 2.04. The molecule has 22 heavy (non-hydrogen) atoms. The van der Waals surface area contributed by atoms with Gasteiger partial charge >= 0.3 is 10.1 Å². The smallest absolute Gasteiger partial charge is 0.338 e. The summed E-state index contributed by atoms with van der Waals surface area (Å²) >= 11 is 1.43. The topological polar surface area (TPSA) is 107 Å². The van der Waals surface area contributed by atoms with E-state index in [4.69, 9.17) is 4.18 Å². The molecule has 116 valence electrons. The number of β-lactam (4-membered cyclic amide) rings is 1. The summed E-state index contributed by atoms with van der Waals surface area (Å²) in [5.41, 5.74) is -0.208. The van der Waals surface area contributed by atoms with Crippen molar-refractivity contribution >= 4 is 33.5 Å². The Morgan fingerprint density at radius 2 is 2.00 bits per heavy atom. The molecule has 1 saturated heterocycles. The average Bonchev–Trinajstić information content (AvgIpc) is 2.48. The van der Waals surface area contributed by atoms with Crippen LogP contribution in [0, 0.1) is 10.1 Å². The number of amides is 1. The number of thioether (sulfide) groups is 1. The van der Waals surface area contributed by atoms with Crippen molar-refractivity contribution in [3.63, 3.8) is 0 Å². The Hall–Kier alpha value is -2.07. The number of benzene rings is 1. The molecule has 0 bridgehead atoms. The quantitative estimate of drug-likeness (QED) is 0.353. The first-order valence-corrected chi connectivity index (χ1v) is 8.65.